The Hall–Kier alpha value is -0.850. The molecule has 1 aliphatic heterocycles. The van der Waals surface area contributed by atoms with E-state index in [-0.39, 0.29) is 23.7 Å². The number of carbonyl (C=O) groups is 1. The van der Waals surface area contributed by atoms with Crippen LogP contribution in [0.1, 0.15) is 20.3 Å². The zero-order valence-electron chi connectivity index (χ0n) is 9.68. The normalized spacial score (nSPS) is 20.2. The minimum absolute atomic E-state index is 0.0470. The zero-order chi connectivity index (χ0) is 12.6. The molecule has 1 aliphatic rings. The molecule has 1 amide bonds. The number of anilines is 2. The summed E-state index contributed by atoms with van der Waals surface area (Å²) in [5.74, 6) is -0.101. The van der Waals surface area contributed by atoms with Crippen molar-refractivity contribution in [2.24, 2.45) is 5.92 Å². The lowest BCUT2D eigenvalue weighted by Crippen LogP contribution is -2.43. The topological polar surface area (TPSA) is 41.1 Å². The van der Waals surface area contributed by atoms with Gasteiger partial charge < -0.3 is 10.6 Å². The van der Waals surface area contributed by atoms with Gasteiger partial charge in [-0.1, -0.05) is 20.3 Å². The van der Waals surface area contributed by atoms with Crippen LogP contribution < -0.4 is 10.6 Å². The zero-order valence-corrected chi connectivity index (χ0v) is 11.8. The molecule has 5 heteroatoms. The molecular formula is C12H14FIN2O. The van der Waals surface area contributed by atoms with E-state index < -0.39 is 0 Å². The fourth-order valence-electron chi connectivity index (χ4n) is 1.85. The van der Waals surface area contributed by atoms with Crippen LogP contribution in [0.4, 0.5) is 15.8 Å². The maximum atomic E-state index is 13.5. The van der Waals surface area contributed by atoms with E-state index in [9.17, 15) is 9.18 Å². The van der Waals surface area contributed by atoms with Crippen molar-refractivity contribution < 1.29 is 9.18 Å². The van der Waals surface area contributed by atoms with E-state index in [1.807, 2.05) is 36.4 Å². The highest BCUT2D eigenvalue weighted by molar-refractivity contribution is 14.1. The van der Waals surface area contributed by atoms with Gasteiger partial charge in [0.15, 0.2) is 0 Å². The number of fused-ring (bicyclic) bond motifs is 1. The van der Waals surface area contributed by atoms with Crippen LogP contribution in [-0.2, 0) is 4.79 Å². The fourth-order valence-corrected chi connectivity index (χ4v) is 2.32. The highest BCUT2D eigenvalue weighted by atomic mass is 127. The number of benzene rings is 1. The summed E-state index contributed by atoms with van der Waals surface area (Å²) >= 11 is 1.91. The molecule has 0 fully saturated rings. The number of halogens is 2. The summed E-state index contributed by atoms with van der Waals surface area (Å²) in [5, 5.41) is 5.93. The third-order valence-corrected chi connectivity index (χ3v) is 3.95. The lowest BCUT2D eigenvalue weighted by Gasteiger charge is -2.30. The smallest absolute Gasteiger partial charge is 0.247 e. The molecular weight excluding hydrogens is 334 g/mol. The molecule has 17 heavy (non-hydrogen) atoms. The highest BCUT2D eigenvalue weighted by Gasteiger charge is 2.29. The SMILES string of the molecule is CCC(C)C1Nc2cc(F)c(I)cc2NC1=O. The lowest BCUT2D eigenvalue weighted by atomic mass is 9.96. The molecule has 1 aromatic carbocycles. The number of carbonyl (C=O) groups excluding carboxylic acids is 1. The van der Waals surface area contributed by atoms with Gasteiger partial charge in [-0.25, -0.2) is 4.39 Å². The Kier molecular flexibility index (Phi) is 3.56. The molecule has 2 unspecified atom stereocenters. The summed E-state index contributed by atoms with van der Waals surface area (Å²) in [7, 11) is 0. The van der Waals surface area contributed by atoms with Gasteiger partial charge in [0.25, 0.3) is 0 Å². The molecule has 0 bridgehead atoms. The van der Waals surface area contributed by atoms with Crippen molar-refractivity contribution in [2.45, 2.75) is 26.3 Å². The molecule has 0 saturated heterocycles. The predicted molar refractivity (Wildman–Crippen MR) is 74.6 cm³/mol. The van der Waals surface area contributed by atoms with Crippen LogP contribution in [0.2, 0.25) is 0 Å². The monoisotopic (exact) mass is 348 g/mol. The van der Waals surface area contributed by atoms with Crippen molar-refractivity contribution in [2.75, 3.05) is 10.6 Å². The molecule has 0 aliphatic carbocycles. The maximum absolute atomic E-state index is 13.5. The molecule has 0 radical (unpaired) electrons. The second kappa shape index (κ2) is 4.80. The molecule has 2 atom stereocenters. The molecule has 0 aromatic heterocycles. The second-order valence-corrected chi connectivity index (χ2v) is 5.47. The van der Waals surface area contributed by atoms with Crippen LogP contribution in [0.3, 0.4) is 0 Å². The number of hydrogen-bond donors (Lipinski definition) is 2. The van der Waals surface area contributed by atoms with Crippen molar-refractivity contribution >= 4 is 39.9 Å². The van der Waals surface area contributed by atoms with Gasteiger partial charge in [0.1, 0.15) is 11.9 Å². The average Bonchev–Trinajstić information content (AvgIpc) is 2.30. The Balaban J connectivity index is 2.34. The molecule has 1 aromatic rings. The van der Waals surface area contributed by atoms with Crippen LogP contribution in [0.15, 0.2) is 12.1 Å². The Morgan fingerprint density at radius 1 is 1.47 bits per heavy atom. The Morgan fingerprint density at radius 3 is 2.82 bits per heavy atom. The van der Waals surface area contributed by atoms with Crippen molar-refractivity contribution in [3.8, 4) is 0 Å². The molecule has 92 valence electrons. The van der Waals surface area contributed by atoms with E-state index in [1.54, 1.807) is 6.07 Å². The summed E-state index contributed by atoms with van der Waals surface area (Å²) in [5.41, 5.74) is 1.31. The van der Waals surface area contributed by atoms with Crippen molar-refractivity contribution in [3.05, 3.63) is 21.5 Å². The number of nitrogens with one attached hydrogen (secondary N) is 2. The van der Waals surface area contributed by atoms with Crippen LogP contribution in [0.25, 0.3) is 0 Å². The summed E-state index contributed by atoms with van der Waals surface area (Å²) in [6.07, 6.45) is 0.896. The molecule has 0 saturated carbocycles. The van der Waals surface area contributed by atoms with Gasteiger partial charge in [-0.2, -0.15) is 0 Å². The number of amides is 1. The third-order valence-electron chi connectivity index (χ3n) is 3.12. The summed E-state index contributed by atoms with van der Waals surface area (Å²) in [6.45, 7) is 4.04. The predicted octanol–water partition coefficient (Wildman–Crippen LogP) is 3.21. The van der Waals surface area contributed by atoms with Crippen LogP contribution in [-0.4, -0.2) is 11.9 Å². The van der Waals surface area contributed by atoms with Gasteiger partial charge in [-0.3, -0.25) is 4.79 Å². The number of rotatable bonds is 2. The van der Waals surface area contributed by atoms with E-state index in [0.717, 1.165) is 6.42 Å². The first-order valence-electron chi connectivity index (χ1n) is 5.59. The third kappa shape index (κ3) is 2.38. The fraction of sp³-hybridized carbons (Fsp3) is 0.417. The first-order valence-corrected chi connectivity index (χ1v) is 6.67. The van der Waals surface area contributed by atoms with Gasteiger partial charge >= 0.3 is 0 Å². The molecule has 2 N–H and O–H groups in total. The molecule has 2 rings (SSSR count). The van der Waals surface area contributed by atoms with E-state index in [2.05, 4.69) is 10.6 Å². The van der Waals surface area contributed by atoms with Gasteiger partial charge in [0.05, 0.1) is 14.9 Å². The van der Waals surface area contributed by atoms with Gasteiger partial charge in [0.2, 0.25) is 5.91 Å². The minimum atomic E-state index is -0.285. The van der Waals surface area contributed by atoms with Crippen LogP contribution in [0.5, 0.6) is 0 Å². The van der Waals surface area contributed by atoms with E-state index in [4.69, 9.17) is 0 Å². The molecule has 1 heterocycles. The Morgan fingerprint density at radius 2 is 2.18 bits per heavy atom. The summed E-state index contributed by atoms with van der Waals surface area (Å²) in [4.78, 5) is 11.9. The standard InChI is InChI=1S/C12H14FIN2O/c1-3-6(2)11-12(17)16-10-5-8(14)7(13)4-9(10)15-11/h4-6,11,15H,3H2,1-2H3,(H,16,17). The van der Waals surface area contributed by atoms with E-state index in [1.165, 1.54) is 6.07 Å². The van der Waals surface area contributed by atoms with Gasteiger partial charge in [-0.15, -0.1) is 0 Å². The Labute approximate surface area is 113 Å². The first kappa shape index (κ1) is 12.6. The highest BCUT2D eigenvalue weighted by Crippen LogP contribution is 2.32. The van der Waals surface area contributed by atoms with Gasteiger partial charge in [0, 0.05) is 6.07 Å². The first-order chi connectivity index (χ1) is 8.02. The van der Waals surface area contributed by atoms with Gasteiger partial charge in [-0.05, 0) is 34.6 Å². The number of hydrogen-bond acceptors (Lipinski definition) is 2. The largest absolute Gasteiger partial charge is 0.372 e. The van der Waals surface area contributed by atoms with E-state index >= 15 is 0 Å². The van der Waals surface area contributed by atoms with E-state index in [0.29, 0.717) is 14.9 Å². The van der Waals surface area contributed by atoms with Crippen LogP contribution in [0, 0.1) is 15.3 Å². The van der Waals surface area contributed by atoms with Crippen LogP contribution >= 0.6 is 22.6 Å². The second-order valence-electron chi connectivity index (χ2n) is 4.31. The quantitative estimate of drug-likeness (QED) is 0.806. The summed E-state index contributed by atoms with van der Waals surface area (Å²) < 4.78 is 14.0. The van der Waals surface area contributed by atoms with Crippen molar-refractivity contribution in [1.82, 2.24) is 0 Å². The van der Waals surface area contributed by atoms with Crippen molar-refractivity contribution in [1.29, 1.82) is 0 Å². The minimum Gasteiger partial charge on any atom is -0.372 e. The molecule has 0 spiro atoms. The summed E-state index contributed by atoms with van der Waals surface area (Å²) in [6, 6.07) is 2.79. The van der Waals surface area contributed by atoms with Crippen molar-refractivity contribution in [3.63, 3.8) is 0 Å². The molecule has 3 nitrogen and oxygen atoms in total. The lowest BCUT2D eigenvalue weighted by molar-refractivity contribution is -0.118. The maximum Gasteiger partial charge on any atom is 0.247 e. The Bertz CT molecular complexity index is 464. The average molecular weight is 348 g/mol.